The number of carbonyl (C=O) groups is 1. The number of piperidine rings is 1. The molecule has 1 unspecified atom stereocenters. The summed E-state index contributed by atoms with van der Waals surface area (Å²) >= 11 is 0. The smallest absolute Gasteiger partial charge is 0.320 e. The summed E-state index contributed by atoms with van der Waals surface area (Å²) in [6.07, 6.45) is 5.19. The van der Waals surface area contributed by atoms with Crippen molar-refractivity contribution in [1.29, 1.82) is 0 Å². The van der Waals surface area contributed by atoms with Crippen molar-refractivity contribution in [3.63, 3.8) is 0 Å². The maximum Gasteiger partial charge on any atom is 0.320 e. The molecule has 0 saturated carbocycles. The largest absolute Gasteiger partial charge is 0.494 e. The first-order valence-corrected chi connectivity index (χ1v) is 8.82. The van der Waals surface area contributed by atoms with E-state index in [1.54, 1.807) is 0 Å². The van der Waals surface area contributed by atoms with Gasteiger partial charge in [0.05, 0.1) is 6.61 Å². The summed E-state index contributed by atoms with van der Waals surface area (Å²) in [5.41, 5.74) is 1.35. The van der Waals surface area contributed by atoms with E-state index in [2.05, 4.69) is 17.0 Å². The molecule has 0 amide bonds. The molecule has 23 heavy (non-hydrogen) atoms. The molecule has 1 saturated heterocycles. The standard InChI is InChI=1S/C19H29NO3/c1-3-18(19(21)22)20-13-11-16(12-14-20)6-5-15-7-9-17(10-8-15)23-4-2/h7-10,16,18H,3-6,11-14H2,1-2H3,(H,21,22). The lowest BCUT2D eigenvalue weighted by molar-refractivity contribution is -0.144. The Morgan fingerprint density at radius 2 is 1.91 bits per heavy atom. The molecule has 0 bridgehead atoms. The highest BCUT2D eigenvalue weighted by atomic mass is 16.5. The van der Waals surface area contributed by atoms with E-state index < -0.39 is 5.97 Å². The van der Waals surface area contributed by atoms with Gasteiger partial charge in [-0.15, -0.1) is 0 Å². The first-order chi connectivity index (χ1) is 11.1. The van der Waals surface area contributed by atoms with E-state index in [0.29, 0.717) is 18.9 Å². The summed E-state index contributed by atoms with van der Waals surface area (Å²) in [6, 6.07) is 8.08. The van der Waals surface area contributed by atoms with Crippen LogP contribution in [0.15, 0.2) is 24.3 Å². The molecule has 1 heterocycles. The molecule has 0 aliphatic carbocycles. The number of nitrogens with zero attached hydrogens (tertiary/aromatic N) is 1. The molecule has 1 atom stereocenters. The maximum atomic E-state index is 11.2. The molecular formula is C19H29NO3. The zero-order valence-corrected chi connectivity index (χ0v) is 14.3. The van der Waals surface area contributed by atoms with Crippen molar-refractivity contribution in [2.45, 2.75) is 52.0 Å². The Labute approximate surface area is 139 Å². The van der Waals surface area contributed by atoms with Crippen LogP contribution in [0.4, 0.5) is 0 Å². The number of hydrogen-bond donors (Lipinski definition) is 1. The number of carboxylic acids is 1. The van der Waals surface area contributed by atoms with Gasteiger partial charge in [-0.05, 0) is 75.7 Å². The number of aliphatic carboxylic acids is 1. The molecule has 0 aromatic heterocycles. The van der Waals surface area contributed by atoms with Crippen LogP contribution in [0.2, 0.25) is 0 Å². The highest BCUT2D eigenvalue weighted by Crippen LogP contribution is 2.25. The van der Waals surface area contributed by atoms with Crippen molar-refractivity contribution >= 4 is 5.97 Å². The third-order valence-electron chi connectivity index (χ3n) is 4.84. The van der Waals surface area contributed by atoms with Crippen molar-refractivity contribution in [2.24, 2.45) is 5.92 Å². The molecular weight excluding hydrogens is 290 g/mol. The minimum Gasteiger partial charge on any atom is -0.494 e. The molecule has 1 fully saturated rings. The van der Waals surface area contributed by atoms with E-state index in [1.807, 2.05) is 26.0 Å². The lowest BCUT2D eigenvalue weighted by Gasteiger charge is -2.35. The average molecular weight is 319 g/mol. The van der Waals surface area contributed by atoms with E-state index in [4.69, 9.17) is 4.74 Å². The Bertz CT molecular complexity index is 478. The van der Waals surface area contributed by atoms with Gasteiger partial charge in [0.2, 0.25) is 0 Å². The van der Waals surface area contributed by atoms with Crippen molar-refractivity contribution in [1.82, 2.24) is 4.90 Å². The molecule has 128 valence electrons. The van der Waals surface area contributed by atoms with E-state index in [0.717, 1.165) is 38.1 Å². The highest BCUT2D eigenvalue weighted by Gasteiger charge is 2.27. The predicted octanol–water partition coefficient (Wildman–Crippen LogP) is 3.59. The van der Waals surface area contributed by atoms with Crippen LogP contribution in [0.25, 0.3) is 0 Å². The van der Waals surface area contributed by atoms with Crippen molar-refractivity contribution in [3.05, 3.63) is 29.8 Å². The molecule has 1 N–H and O–H groups in total. The monoisotopic (exact) mass is 319 g/mol. The fourth-order valence-electron chi connectivity index (χ4n) is 3.43. The van der Waals surface area contributed by atoms with E-state index in [-0.39, 0.29) is 6.04 Å². The zero-order chi connectivity index (χ0) is 16.7. The second-order valence-electron chi connectivity index (χ2n) is 6.36. The number of hydrogen-bond acceptors (Lipinski definition) is 3. The Balaban J connectivity index is 1.75. The third kappa shape index (κ3) is 5.24. The highest BCUT2D eigenvalue weighted by molar-refractivity contribution is 5.73. The Morgan fingerprint density at radius 1 is 1.26 bits per heavy atom. The van der Waals surface area contributed by atoms with E-state index in [9.17, 15) is 9.90 Å². The van der Waals surface area contributed by atoms with Crippen LogP contribution in [-0.2, 0) is 11.2 Å². The Kier molecular flexibility index (Phi) is 6.90. The number of benzene rings is 1. The Hall–Kier alpha value is -1.55. The van der Waals surface area contributed by atoms with Gasteiger partial charge >= 0.3 is 5.97 Å². The van der Waals surface area contributed by atoms with Crippen LogP contribution in [0.5, 0.6) is 5.75 Å². The van der Waals surface area contributed by atoms with Gasteiger partial charge in [0.15, 0.2) is 0 Å². The summed E-state index contributed by atoms with van der Waals surface area (Å²) in [7, 11) is 0. The molecule has 1 aromatic carbocycles. The normalized spacial score (nSPS) is 17.8. The molecule has 1 aliphatic rings. The van der Waals surface area contributed by atoms with Crippen LogP contribution in [0, 0.1) is 5.92 Å². The number of aryl methyl sites for hydroxylation is 1. The van der Waals surface area contributed by atoms with Crippen LogP contribution < -0.4 is 4.74 Å². The van der Waals surface area contributed by atoms with Crippen LogP contribution in [-0.4, -0.2) is 41.7 Å². The second kappa shape index (κ2) is 8.92. The van der Waals surface area contributed by atoms with E-state index >= 15 is 0 Å². The van der Waals surface area contributed by atoms with Crippen molar-refractivity contribution in [3.8, 4) is 5.75 Å². The first kappa shape index (κ1) is 17.8. The summed E-state index contributed by atoms with van der Waals surface area (Å²) in [5.74, 6) is 0.966. The number of rotatable bonds is 8. The first-order valence-electron chi connectivity index (χ1n) is 8.82. The summed E-state index contributed by atoms with van der Waals surface area (Å²) in [5, 5.41) is 9.25. The number of ether oxygens (including phenoxy) is 1. The van der Waals surface area contributed by atoms with Crippen LogP contribution in [0.1, 0.15) is 45.1 Å². The fourth-order valence-corrected chi connectivity index (χ4v) is 3.43. The molecule has 4 heteroatoms. The third-order valence-corrected chi connectivity index (χ3v) is 4.84. The van der Waals surface area contributed by atoms with Gasteiger partial charge in [0, 0.05) is 0 Å². The minimum absolute atomic E-state index is 0.304. The lowest BCUT2D eigenvalue weighted by atomic mass is 9.89. The predicted molar refractivity (Wildman–Crippen MR) is 91.9 cm³/mol. The van der Waals surface area contributed by atoms with Crippen molar-refractivity contribution < 1.29 is 14.6 Å². The van der Waals surface area contributed by atoms with Gasteiger partial charge in [0.25, 0.3) is 0 Å². The molecule has 0 spiro atoms. The van der Waals surface area contributed by atoms with E-state index in [1.165, 1.54) is 12.0 Å². The van der Waals surface area contributed by atoms with Crippen LogP contribution >= 0.6 is 0 Å². The minimum atomic E-state index is -0.680. The average Bonchev–Trinajstić information content (AvgIpc) is 2.56. The molecule has 1 aliphatic heterocycles. The summed E-state index contributed by atoms with van der Waals surface area (Å²) < 4.78 is 5.47. The molecule has 0 radical (unpaired) electrons. The van der Waals surface area contributed by atoms with Gasteiger partial charge in [-0.1, -0.05) is 19.1 Å². The molecule has 4 nitrogen and oxygen atoms in total. The summed E-state index contributed by atoms with van der Waals surface area (Å²) in [4.78, 5) is 13.4. The van der Waals surface area contributed by atoms with Gasteiger partial charge in [-0.2, -0.15) is 0 Å². The van der Waals surface area contributed by atoms with Gasteiger partial charge in [-0.25, -0.2) is 0 Å². The topological polar surface area (TPSA) is 49.8 Å². The van der Waals surface area contributed by atoms with Gasteiger partial charge in [-0.3, -0.25) is 9.69 Å². The fraction of sp³-hybridized carbons (Fsp3) is 0.632. The summed E-state index contributed by atoms with van der Waals surface area (Å²) in [6.45, 7) is 6.48. The molecule has 2 rings (SSSR count). The second-order valence-corrected chi connectivity index (χ2v) is 6.36. The van der Waals surface area contributed by atoms with Gasteiger partial charge < -0.3 is 9.84 Å². The Morgan fingerprint density at radius 3 is 2.43 bits per heavy atom. The lowest BCUT2D eigenvalue weighted by Crippen LogP contribution is -2.45. The SMILES string of the molecule is CCOc1ccc(CCC2CCN(C(CC)C(=O)O)CC2)cc1. The van der Waals surface area contributed by atoms with Gasteiger partial charge in [0.1, 0.15) is 11.8 Å². The maximum absolute atomic E-state index is 11.2. The zero-order valence-electron chi connectivity index (χ0n) is 14.3. The van der Waals surface area contributed by atoms with Crippen LogP contribution in [0.3, 0.4) is 0 Å². The number of likely N-dealkylation sites (tertiary alicyclic amines) is 1. The quantitative estimate of drug-likeness (QED) is 0.795. The number of carboxylic acid groups (broad SMARTS) is 1. The van der Waals surface area contributed by atoms with Crippen molar-refractivity contribution in [2.75, 3.05) is 19.7 Å². The molecule has 1 aromatic rings.